The van der Waals surface area contributed by atoms with E-state index in [1.807, 2.05) is 37.3 Å². The molecule has 3 aromatic carbocycles. The van der Waals surface area contributed by atoms with Gasteiger partial charge in [0.15, 0.2) is 23.0 Å². The second-order valence-corrected chi connectivity index (χ2v) is 12.8. The van der Waals surface area contributed by atoms with Gasteiger partial charge in [-0.3, -0.25) is 10.0 Å². The quantitative estimate of drug-likeness (QED) is 0.0681. The molecule has 1 aliphatic rings. The molecule has 0 aliphatic carbocycles. The minimum atomic E-state index is -0.369. The SMILES string of the molecule is CCCC(=O)N(O)C=CCc1cc(C2COC(c3cc(OC)c(OC)c(OC)c3)C2)cc(OC)c1OCCSc1ccc(Cl)c(Cl)c1. The van der Waals surface area contributed by atoms with Crippen molar-refractivity contribution in [1.82, 2.24) is 5.06 Å². The zero-order chi connectivity index (χ0) is 33.9. The molecule has 4 rings (SSSR count). The molecule has 0 bridgehead atoms. The van der Waals surface area contributed by atoms with Crippen molar-refractivity contribution < 1.29 is 38.4 Å². The highest BCUT2D eigenvalue weighted by Gasteiger charge is 2.31. The van der Waals surface area contributed by atoms with Crippen molar-refractivity contribution in [2.24, 2.45) is 0 Å². The van der Waals surface area contributed by atoms with Crippen LogP contribution in [0.5, 0.6) is 28.7 Å². The van der Waals surface area contributed by atoms with E-state index in [4.69, 9.17) is 51.6 Å². The molecule has 1 amide bonds. The van der Waals surface area contributed by atoms with Crippen molar-refractivity contribution in [2.45, 2.75) is 49.5 Å². The van der Waals surface area contributed by atoms with Gasteiger partial charge in [0.2, 0.25) is 11.7 Å². The van der Waals surface area contributed by atoms with Crippen LogP contribution in [0.15, 0.2) is 59.6 Å². The number of hydroxylamine groups is 2. The van der Waals surface area contributed by atoms with Crippen LogP contribution < -0.4 is 23.7 Å². The number of ether oxygens (including phenoxy) is 6. The maximum absolute atomic E-state index is 12.1. The second kappa shape index (κ2) is 17.8. The van der Waals surface area contributed by atoms with E-state index in [9.17, 15) is 10.0 Å². The summed E-state index contributed by atoms with van der Waals surface area (Å²) in [6, 6.07) is 13.4. The van der Waals surface area contributed by atoms with Crippen LogP contribution in [0, 0.1) is 0 Å². The third kappa shape index (κ3) is 9.42. The molecule has 2 atom stereocenters. The lowest BCUT2D eigenvalue weighted by atomic mass is 9.91. The zero-order valence-corrected chi connectivity index (χ0v) is 29.5. The van der Waals surface area contributed by atoms with Crippen LogP contribution in [0.4, 0.5) is 0 Å². The standard InChI is InChI=1S/C35H41Cl2NO8S/c1-6-8-33(39)38(40)12-7-9-22-15-23(16-30(41-2)34(22)45-13-14-47-26-10-11-27(36)28(37)20-26)25-19-29(46-21-25)24-17-31(42-3)35(44-5)32(18-24)43-4/h7,10-12,15-18,20,25,29,40H,6,8-9,13-14,19,21H2,1-5H3. The molecule has 1 fully saturated rings. The van der Waals surface area contributed by atoms with Gasteiger partial charge < -0.3 is 28.4 Å². The maximum atomic E-state index is 12.1. The van der Waals surface area contributed by atoms with E-state index in [-0.39, 0.29) is 24.3 Å². The summed E-state index contributed by atoms with van der Waals surface area (Å²) in [7, 11) is 6.37. The van der Waals surface area contributed by atoms with Crippen molar-refractivity contribution in [3.63, 3.8) is 0 Å². The molecule has 1 aliphatic heterocycles. The Morgan fingerprint density at radius 2 is 1.64 bits per heavy atom. The summed E-state index contributed by atoms with van der Waals surface area (Å²) in [6.07, 6.45) is 4.91. The Hall–Kier alpha value is -3.28. The number of rotatable bonds is 16. The summed E-state index contributed by atoms with van der Waals surface area (Å²) in [6.45, 7) is 2.78. The Bertz CT molecular complexity index is 1530. The number of benzene rings is 3. The van der Waals surface area contributed by atoms with Crippen molar-refractivity contribution in [2.75, 3.05) is 47.4 Å². The highest BCUT2D eigenvalue weighted by atomic mass is 35.5. The van der Waals surface area contributed by atoms with Gasteiger partial charge in [-0.25, -0.2) is 0 Å². The first kappa shape index (κ1) is 36.6. The molecule has 9 nitrogen and oxygen atoms in total. The summed E-state index contributed by atoms with van der Waals surface area (Å²) in [5.41, 5.74) is 2.81. The van der Waals surface area contributed by atoms with Gasteiger partial charge in [0, 0.05) is 34.8 Å². The largest absolute Gasteiger partial charge is 0.493 e. The number of halogens is 2. The van der Waals surface area contributed by atoms with Crippen LogP contribution in [-0.4, -0.2) is 63.6 Å². The fourth-order valence-electron chi connectivity index (χ4n) is 5.33. The van der Waals surface area contributed by atoms with Gasteiger partial charge in [-0.2, -0.15) is 5.06 Å². The number of carbonyl (C=O) groups is 1. The molecule has 1 heterocycles. The number of thioether (sulfide) groups is 1. The molecule has 254 valence electrons. The molecule has 1 N–H and O–H groups in total. The highest BCUT2D eigenvalue weighted by molar-refractivity contribution is 7.99. The molecule has 2 unspecified atom stereocenters. The van der Waals surface area contributed by atoms with Crippen molar-refractivity contribution in [1.29, 1.82) is 0 Å². The molecule has 47 heavy (non-hydrogen) atoms. The molecule has 0 radical (unpaired) electrons. The van der Waals surface area contributed by atoms with Gasteiger partial charge in [-0.1, -0.05) is 42.3 Å². The van der Waals surface area contributed by atoms with Gasteiger partial charge in [0.1, 0.15) is 0 Å². The van der Waals surface area contributed by atoms with Gasteiger partial charge in [0.05, 0.1) is 57.8 Å². The first-order valence-electron chi connectivity index (χ1n) is 15.2. The van der Waals surface area contributed by atoms with E-state index in [1.165, 1.54) is 6.20 Å². The fourth-order valence-corrected chi connectivity index (χ4v) is 6.46. The Morgan fingerprint density at radius 3 is 2.28 bits per heavy atom. The highest BCUT2D eigenvalue weighted by Crippen LogP contribution is 2.46. The Morgan fingerprint density at radius 1 is 0.957 bits per heavy atom. The molecule has 0 saturated carbocycles. The molecule has 1 saturated heterocycles. The first-order chi connectivity index (χ1) is 22.7. The number of nitrogens with zero attached hydrogens (tertiary/aromatic N) is 1. The summed E-state index contributed by atoms with van der Waals surface area (Å²) in [5.74, 6) is 3.20. The monoisotopic (exact) mass is 705 g/mol. The predicted octanol–water partition coefficient (Wildman–Crippen LogP) is 8.52. The van der Waals surface area contributed by atoms with Crippen LogP contribution in [0.25, 0.3) is 0 Å². The number of hydrogen-bond acceptors (Lipinski definition) is 9. The lowest BCUT2D eigenvalue weighted by Crippen LogP contribution is -2.20. The van der Waals surface area contributed by atoms with Crippen molar-refractivity contribution >= 4 is 40.9 Å². The van der Waals surface area contributed by atoms with Crippen molar-refractivity contribution in [3.8, 4) is 28.7 Å². The third-order valence-electron chi connectivity index (χ3n) is 7.69. The lowest BCUT2D eigenvalue weighted by Gasteiger charge is -2.19. The van der Waals surface area contributed by atoms with Crippen LogP contribution in [-0.2, 0) is 16.0 Å². The molecule has 0 spiro atoms. The molecule has 0 aromatic heterocycles. The fraction of sp³-hybridized carbons (Fsp3) is 0.400. The van der Waals surface area contributed by atoms with E-state index < -0.39 is 0 Å². The van der Waals surface area contributed by atoms with Gasteiger partial charge >= 0.3 is 0 Å². The van der Waals surface area contributed by atoms with E-state index >= 15 is 0 Å². The molecule has 3 aromatic rings. The Balaban J connectivity index is 1.56. The van der Waals surface area contributed by atoms with E-state index in [0.29, 0.717) is 82.1 Å². The summed E-state index contributed by atoms with van der Waals surface area (Å²) in [4.78, 5) is 13.1. The lowest BCUT2D eigenvalue weighted by molar-refractivity contribution is -0.154. The number of methoxy groups -OCH3 is 4. The molecular weight excluding hydrogens is 665 g/mol. The minimum absolute atomic E-state index is 0.0652. The van der Waals surface area contributed by atoms with Crippen LogP contribution in [0.2, 0.25) is 10.0 Å². The maximum Gasteiger partial charge on any atom is 0.250 e. The molecular formula is C35H41Cl2NO8S. The van der Waals surface area contributed by atoms with Gasteiger partial charge in [0.25, 0.3) is 0 Å². The average molecular weight is 707 g/mol. The summed E-state index contributed by atoms with van der Waals surface area (Å²) in [5, 5.41) is 11.8. The zero-order valence-electron chi connectivity index (χ0n) is 27.2. The number of allylic oxidation sites excluding steroid dienone is 1. The summed E-state index contributed by atoms with van der Waals surface area (Å²) < 4.78 is 35.0. The number of hydrogen-bond donors (Lipinski definition) is 1. The third-order valence-corrected chi connectivity index (χ3v) is 9.39. The van der Waals surface area contributed by atoms with E-state index in [1.54, 1.807) is 52.3 Å². The Labute approximate surface area is 290 Å². The van der Waals surface area contributed by atoms with E-state index in [0.717, 1.165) is 21.6 Å². The molecule has 12 heteroatoms. The average Bonchev–Trinajstić information content (AvgIpc) is 3.58. The first-order valence-corrected chi connectivity index (χ1v) is 17.0. The second-order valence-electron chi connectivity index (χ2n) is 10.8. The Kier molecular flexibility index (Phi) is 13.8. The summed E-state index contributed by atoms with van der Waals surface area (Å²) >= 11 is 13.8. The van der Waals surface area contributed by atoms with E-state index in [2.05, 4.69) is 6.07 Å². The smallest absolute Gasteiger partial charge is 0.250 e. The van der Waals surface area contributed by atoms with Gasteiger partial charge in [-0.15, -0.1) is 11.8 Å². The normalized spacial score (nSPS) is 15.9. The van der Waals surface area contributed by atoms with Crippen LogP contribution in [0.3, 0.4) is 0 Å². The topological polar surface area (TPSA) is 95.9 Å². The van der Waals surface area contributed by atoms with Gasteiger partial charge in [-0.05, 0) is 66.8 Å². The van der Waals surface area contributed by atoms with Crippen molar-refractivity contribution in [3.05, 3.63) is 81.5 Å². The number of carbonyl (C=O) groups excluding carboxylic acids is 1. The minimum Gasteiger partial charge on any atom is -0.493 e. The number of amides is 1. The van der Waals surface area contributed by atoms with Crippen LogP contribution >= 0.6 is 35.0 Å². The predicted molar refractivity (Wildman–Crippen MR) is 184 cm³/mol. The van der Waals surface area contributed by atoms with Crippen LogP contribution in [0.1, 0.15) is 54.9 Å².